The van der Waals surface area contributed by atoms with Gasteiger partial charge in [0.1, 0.15) is 5.82 Å². The molecule has 0 spiro atoms. The Morgan fingerprint density at radius 1 is 1.44 bits per heavy atom. The van der Waals surface area contributed by atoms with Crippen LogP contribution in [0, 0.1) is 0 Å². The summed E-state index contributed by atoms with van der Waals surface area (Å²) in [4.78, 5) is 14.8. The highest BCUT2D eigenvalue weighted by Crippen LogP contribution is 2.21. The summed E-state index contributed by atoms with van der Waals surface area (Å²) in [5, 5.41) is 3.04. The second-order valence-corrected chi connectivity index (χ2v) is 4.83. The number of hydrogen-bond acceptors (Lipinski definition) is 3. The van der Waals surface area contributed by atoms with E-state index < -0.39 is 0 Å². The predicted molar refractivity (Wildman–Crippen MR) is 65.2 cm³/mol. The molecule has 0 aliphatic heterocycles. The van der Waals surface area contributed by atoms with Gasteiger partial charge in [-0.25, -0.2) is 4.98 Å². The molecule has 1 aromatic rings. The van der Waals surface area contributed by atoms with Gasteiger partial charge in [0.05, 0.1) is 0 Å². The van der Waals surface area contributed by atoms with Gasteiger partial charge in [0.25, 0.3) is 0 Å². The number of primary amides is 1. The summed E-state index contributed by atoms with van der Waals surface area (Å²) >= 11 is 0. The van der Waals surface area contributed by atoms with Crippen LogP contribution in [0.2, 0.25) is 0 Å². The highest BCUT2D eigenvalue weighted by atomic mass is 16.1. The average Bonchev–Trinajstić information content (AvgIpc) is 2.16. The molecule has 0 fully saturated rings. The van der Waals surface area contributed by atoms with Crippen LogP contribution in [0.25, 0.3) is 0 Å². The van der Waals surface area contributed by atoms with Crippen LogP contribution in [0.5, 0.6) is 0 Å². The molecular formula is C12H19N3O. The molecule has 1 aromatic heterocycles. The van der Waals surface area contributed by atoms with Crippen molar-refractivity contribution in [1.29, 1.82) is 0 Å². The van der Waals surface area contributed by atoms with E-state index in [0.29, 0.717) is 13.0 Å². The Labute approximate surface area is 96.3 Å². The molecule has 1 heterocycles. The fraction of sp³-hybridized carbons (Fsp3) is 0.500. The van der Waals surface area contributed by atoms with Crippen LogP contribution in [0.15, 0.2) is 18.3 Å². The standard InChI is InChI=1S/C12H19N3O/c1-12(2,3)9-4-5-11(15-8-9)14-7-6-10(13)16/h4-5,8H,6-7H2,1-3H3,(H2,13,16)(H,14,15). The van der Waals surface area contributed by atoms with E-state index in [4.69, 9.17) is 5.73 Å². The molecule has 0 aliphatic carbocycles. The smallest absolute Gasteiger partial charge is 0.219 e. The predicted octanol–water partition coefficient (Wildman–Crippen LogP) is 1.67. The Hall–Kier alpha value is -1.58. The van der Waals surface area contributed by atoms with Gasteiger partial charge in [-0.1, -0.05) is 26.8 Å². The third-order valence-corrected chi connectivity index (χ3v) is 2.31. The van der Waals surface area contributed by atoms with Gasteiger partial charge in [-0.3, -0.25) is 4.79 Å². The first-order valence-electron chi connectivity index (χ1n) is 5.38. The maximum atomic E-state index is 10.5. The van der Waals surface area contributed by atoms with Crippen molar-refractivity contribution in [2.24, 2.45) is 5.73 Å². The first kappa shape index (κ1) is 12.5. The zero-order valence-corrected chi connectivity index (χ0v) is 10.1. The van der Waals surface area contributed by atoms with Crippen molar-refractivity contribution in [1.82, 2.24) is 4.98 Å². The van der Waals surface area contributed by atoms with Crippen LogP contribution in [0.4, 0.5) is 5.82 Å². The van der Waals surface area contributed by atoms with Gasteiger partial charge in [0, 0.05) is 19.2 Å². The van der Waals surface area contributed by atoms with Gasteiger partial charge < -0.3 is 11.1 Å². The Kier molecular flexibility index (Phi) is 3.88. The number of nitrogens with two attached hydrogens (primary N) is 1. The minimum Gasteiger partial charge on any atom is -0.370 e. The fourth-order valence-corrected chi connectivity index (χ4v) is 1.26. The van der Waals surface area contributed by atoms with E-state index in [1.807, 2.05) is 18.3 Å². The number of rotatable bonds is 4. The van der Waals surface area contributed by atoms with Gasteiger partial charge in [-0.05, 0) is 17.0 Å². The van der Waals surface area contributed by atoms with E-state index >= 15 is 0 Å². The lowest BCUT2D eigenvalue weighted by atomic mass is 9.88. The van der Waals surface area contributed by atoms with Crippen LogP contribution in [0.1, 0.15) is 32.8 Å². The van der Waals surface area contributed by atoms with Gasteiger partial charge in [0.15, 0.2) is 0 Å². The number of amides is 1. The molecule has 88 valence electrons. The van der Waals surface area contributed by atoms with Crippen molar-refractivity contribution >= 4 is 11.7 Å². The van der Waals surface area contributed by atoms with Gasteiger partial charge >= 0.3 is 0 Å². The highest BCUT2D eigenvalue weighted by molar-refractivity contribution is 5.74. The second-order valence-electron chi connectivity index (χ2n) is 4.83. The van der Waals surface area contributed by atoms with E-state index in [-0.39, 0.29) is 11.3 Å². The maximum absolute atomic E-state index is 10.5. The summed E-state index contributed by atoms with van der Waals surface area (Å²) in [5.41, 5.74) is 6.34. The Morgan fingerprint density at radius 3 is 2.56 bits per heavy atom. The largest absolute Gasteiger partial charge is 0.370 e. The molecule has 0 bridgehead atoms. The van der Waals surface area contributed by atoms with Crippen LogP contribution in [-0.2, 0) is 10.2 Å². The van der Waals surface area contributed by atoms with Gasteiger partial charge in [-0.2, -0.15) is 0 Å². The zero-order valence-electron chi connectivity index (χ0n) is 10.1. The lowest BCUT2D eigenvalue weighted by Gasteiger charge is -2.18. The molecule has 0 saturated carbocycles. The third-order valence-electron chi connectivity index (χ3n) is 2.31. The Balaban J connectivity index is 2.55. The van der Waals surface area contributed by atoms with Crippen LogP contribution in [0.3, 0.4) is 0 Å². The summed E-state index contributed by atoms with van der Waals surface area (Å²) in [6, 6.07) is 3.96. The lowest BCUT2D eigenvalue weighted by Crippen LogP contribution is -2.16. The average molecular weight is 221 g/mol. The number of carbonyl (C=O) groups excluding carboxylic acids is 1. The van der Waals surface area contributed by atoms with Crippen LogP contribution < -0.4 is 11.1 Å². The molecule has 4 heteroatoms. The van der Waals surface area contributed by atoms with Crippen molar-refractivity contribution in [3.05, 3.63) is 23.9 Å². The number of nitrogens with zero attached hydrogens (tertiary/aromatic N) is 1. The van der Waals surface area contributed by atoms with Crippen molar-refractivity contribution in [3.63, 3.8) is 0 Å². The van der Waals surface area contributed by atoms with E-state index in [9.17, 15) is 4.79 Å². The van der Waals surface area contributed by atoms with Gasteiger partial charge in [0.2, 0.25) is 5.91 Å². The summed E-state index contributed by atoms with van der Waals surface area (Å²) in [6.45, 7) is 6.95. The number of anilines is 1. The first-order chi connectivity index (χ1) is 7.39. The zero-order chi connectivity index (χ0) is 12.2. The fourth-order valence-electron chi connectivity index (χ4n) is 1.26. The van der Waals surface area contributed by atoms with E-state index in [1.54, 1.807) is 0 Å². The minimum absolute atomic E-state index is 0.110. The minimum atomic E-state index is -0.307. The lowest BCUT2D eigenvalue weighted by molar-refractivity contribution is -0.117. The molecule has 1 amide bonds. The van der Waals surface area contributed by atoms with E-state index in [0.717, 1.165) is 5.82 Å². The van der Waals surface area contributed by atoms with E-state index in [2.05, 4.69) is 31.1 Å². The normalized spacial score (nSPS) is 11.2. The monoisotopic (exact) mass is 221 g/mol. The second kappa shape index (κ2) is 4.96. The molecule has 3 N–H and O–H groups in total. The van der Waals surface area contributed by atoms with Crippen molar-refractivity contribution in [2.75, 3.05) is 11.9 Å². The van der Waals surface area contributed by atoms with E-state index in [1.165, 1.54) is 5.56 Å². The number of hydrogen-bond donors (Lipinski definition) is 2. The number of nitrogens with one attached hydrogen (secondary N) is 1. The number of aromatic nitrogens is 1. The molecule has 4 nitrogen and oxygen atoms in total. The summed E-state index contributed by atoms with van der Waals surface area (Å²) in [5.74, 6) is 0.466. The molecular weight excluding hydrogens is 202 g/mol. The molecule has 16 heavy (non-hydrogen) atoms. The van der Waals surface area contributed by atoms with Crippen molar-refractivity contribution in [2.45, 2.75) is 32.6 Å². The number of pyridine rings is 1. The first-order valence-corrected chi connectivity index (χ1v) is 5.38. The highest BCUT2D eigenvalue weighted by Gasteiger charge is 2.13. The van der Waals surface area contributed by atoms with Crippen molar-refractivity contribution < 1.29 is 4.79 Å². The van der Waals surface area contributed by atoms with Crippen molar-refractivity contribution in [3.8, 4) is 0 Å². The molecule has 1 rings (SSSR count). The van der Waals surface area contributed by atoms with Crippen LogP contribution in [-0.4, -0.2) is 17.4 Å². The molecule has 0 radical (unpaired) electrons. The summed E-state index contributed by atoms with van der Waals surface area (Å²) in [6.07, 6.45) is 2.18. The Bertz CT molecular complexity index is 352. The summed E-state index contributed by atoms with van der Waals surface area (Å²) in [7, 11) is 0. The molecule has 0 unspecified atom stereocenters. The molecule has 0 atom stereocenters. The third kappa shape index (κ3) is 3.88. The Morgan fingerprint density at radius 2 is 2.12 bits per heavy atom. The topological polar surface area (TPSA) is 68.0 Å². The SMILES string of the molecule is CC(C)(C)c1ccc(NCCC(N)=O)nc1. The molecule has 0 saturated heterocycles. The van der Waals surface area contributed by atoms with Gasteiger partial charge in [-0.15, -0.1) is 0 Å². The molecule has 0 aliphatic rings. The van der Waals surface area contributed by atoms with Crippen LogP contribution >= 0.6 is 0 Å². The quantitative estimate of drug-likeness (QED) is 0.812. The molecule has 0 aromatic carbocycles. The maximum Gasteiger partial charge on any atom is 0.219 e. The summed E-state index contributed by atoms with van der Waals surface area (Å²) < 4.78 is 0. The number of carbonyl (C=O) groups is 1.